The number of aryl methyl sites for hydroxylation is 2. The van der Waals surface area contributed by atoms with Gasteiger partial charge >= 0.3 is 0 Å². The molecule has 0 bridgehead atoms. The highest BCUT2D eigenvalue weighted by Gasteiger charge is 2.07. The molecule has 0 saturated carbocycles. The van der Waals surface area contributed by atoms with Crippen molar-refractivity contribution in [2.45, 2.75) is 27.0 Å². The molecule has 0 aromatic heterocycles. The smallest absolute Gasteiger partial charge is 0.269 e. The lowest BCUT2D eigenvalue weighted by Crippen LogP contribution is -2.02. The van der Waals surface area contributed by atoms with Crippen LogP contribution in [0.4, 0.5) is 11.4 Å². The van der Waals surface area contributed by atoms with Crippen molar-refractivity contribution < 1.29 is 9.66 Å². The number of nitrogens with one attached hydrogen (secondary N) is 1. The summed E-state index contributed by atoms with van der Waals surface area (Å²) in [6.45, 7) is 5.23. The lowest BCUT2D eigenvalue weighted by Gasteiger charge is -2.13. The number of non-ortho nitro benzene ring substituents is 1. The number of hydrogen-bond donors (Lipinski definition) is 1. The highest BCUT2D eigenvalue weighted by molar-refractivity contribution is 9.10. The van der Waals surface area contributed by atoms with E-state index in [0.29, 0.717) is 13.2 Å². The van der Waals surface area contributed by atoms with Gasteiger partial charge in [-0.1, -0.05) is 18.2 Å². The largest absolute Gasteiger partial charge is 0.488 e. The number of ether oxygens (including phenoxy) is 1. The van der Waals surface area contributed by atoms with Crippen LogP contribution in [0, 0.1) is 24.0 Å². The van der Waals surface area contributed by atoms with Gasteiger partial charge in [-0.2, -0.15) is 0 Å². The summed E-state index contributed by atoms with van der Waals surface area (Å²) in [5.41, 5.74) is 5.66. The third kappa shape index (κ3) is 5.10. The highest BCUT2D eigenvalue weighted by atomic mass is 79.9. The van der Waals surface area contributed by atoms with Crippen LogP contribution in [0.1, 0.15) is 22.3 Å². The van der Waals surface area contributed by atoms with Crippen molar-refractivity contribution in [3.8, 4) is 5.75 Å². The molecule has 0 spiro atoms. The number of rotatable bonds is 7. The lowest BCUT2D eigenvalue weighted by atomic mass is 10.1. The predicted molar refractivity (Wildman–Crippen MR) is 115 cm³/mol. The molecule has 3 aromatic carbocycles. The third-order valence-electron chi connectivity index (χ3n) is 4.41. The summed E-state index contributed by atoms with van der Waals surface area (Å²) in [5, 5.41) is 14.2. The molecule has 6 heteroatoms. The van der Waals surface area contributed by atoms with Gasteiger partial charge in [-0.25, -0.2) is 0 Å². The van der Waals surface area contributed by atoms with E-state index in [0.717, 1.165) is 27.0 Å². The molecule has 3 aromatic rings. The molecular formula is C22H21BrN2O3. The van der Waals surface area contributed by atoms with Gasteiger partial charge in [-0.3, -0.25) is 10.1 Å². The fourth-order valence-corrected chi connectivity index (χ4v) is 3.31. The molecular weight excluding hydrogens is 420 g/mol. The molecule has 0 amide bonds. The molecule has 0 aliphatic carbocycles. The van der Waals surface area contributed by atoms with Crippen LogP contribution >= 0.6 is 15.9 Å². The Hall–Kier alpha value is -2.86. The SMILES string of the molecule is Cc1ccc(C)c(NCc2ccc(OCc3ccc([N+](=O)[O-])cc3)c(Br)c2)c1. The van der Waals surface area contributed by atoms with Crippen LogP contribution in [0.3, 0.4) is 0 Å². The van der Waals surface area contributed by atoms with Crippen LogP contribution in [0.25, 0.3) is 0 Å². The first-order valence-corrected chi connectivity index (χ1v) is 9.67. The maximum absolute atomic E-state index is 10.7. The summed E-state index contributed by atoms with van der Waals surface area (Å²) in [6.07, 6.45) is 0. The minimum atomic E-state index is -0.410. The van der Waals surface area contributed by atoms with Crippen molar-refractivity contribution in [3.05, 3.63) is 97.5 Å². The van der Waals surface area contributed by atoms with Crippen LogP contribution in [0.5, 0.6) is 5.75 Å². The number of nitro groups is 1. The fraction of sp³-hybridized carbons (Fsp3) is 0.182. The number of anilines is 1. The number of benzene rings is 3. The lowest BCUT2D eigenvalue weighted by molar-refractivity contribution is -0.384. The van der Waals surface area contributed by atoms with Gasteiger partial charge in [0.1, 0.15) is 12.4 Å². The summed E-state index contributed by atoms with van der Waals surface area (Å²) >= 11 is 3.56. The molecule has 0 atom stereocenters. The summed E-state index contributed by atoms with van der Waals surface area (Å²) in [5.74, 6) is 0.730. The molecule has 0 unspecified atom stereocenters. The molecule has 28 heavy (non-hydrogen) atoms. The molecule has 5 nitrogen and oxygen atoms in total. The Bertz CT molecular complexity index is 988. The quantitative estimate of drug-likeness (QED) is 0.352. The van der Waals surface area contributed by atoms with Gasteiger partial charge in [-0.05, 0) is 82.4 Å². The van der Waals surface area contributed by atoms with Crippen molar-refractivity contribution in [3.63, 3.8) is 0 Å². The second-order valence-electron chi connectivity index (χ2n) is 6.65. The van der Waals surface area contributed by atoms with Crippen LogP contribution in [0.15, 0.2) is 65.1 Å². The molecule has 0 fully saturated rings. The number of hydrogen-bond acceptors (Lipinski definition) is 4. The van der Waals surface area contributed by atoms with E-state index in [4.69, 9.17) is 4.74 Å². The number of nitrogens with zero attached hydrogens (tertiary/aromatic N) is 1. The molecule has 0 saturated heterocycles. The Morgan fingerprint density at radius 2 is 1.71 bits per heavy atom. The summed E-state index contributed by atoms with van der Waals surface area (Å²) in [6, 6.07) is 18.7. The monoisotopic (exact) mass is 440 g/mol. The van der Waals surface area contributed by atoms with Gasteiger partial charge in [0.25, 0.3) is 5.69 Å². The Labute approximate surface area is 172 Å². The van der Waals surface area contributed by atoms with E-state index < -0.39 is 4.92 Å². The first-order chi connectivity index (χ1) is 13.4. The molecule has 0 radical (unpaired) electrons. The van der Waals surface area contributed by atoms with E-state index in [1.807, 2.05) is 18.2 Å². The van der Waals surface area contributed by atoms with Crippen molar-refractivity contribution >= 4 is 27.3 Å². The Morgan fingerprint density at radius 3 is 2.39 bits per heavy atom. The third-order valence-corrected chi connectivity index (χ3v) is 5.03. The van der Waals surface area contributed by atoms with Crippen molar-refractivity contribution in [1.29, 1.82) is 0 Å². The average Bonchev–Trinajstić information content (AvgIpc) is 2.68. The normalized spacial score (nSPS) is 10.5. The van der Waals surface area contributed by atoms with Gasteiger partial charge < -0.3 is 10.1 Å². The van der Waals surface area contributed by atoms with Gasteiger partial charge in [0.05, 0.1) is 9.40 Å². The Balaban J connectivity index is 1.60. The maximum Gasteiger partial charge on any atom is 0.269 e. The first kappa shape index (κ1) is 19.9. The molecule has 1 N–H and O–H groups in total. The van der Waals surface area contributed by atoms with Gasteiger partial charge in [0.15, 0.2) is 0 Å². The van der Waals surface area contributed by atoms with Crippen LogP contribution in [-0.2, 0) is 13.2 Å². The Morgan fingerprint density at radius 1 is 1.00 bits per heavy atom. The van der Waals surface area contributed by atoms with Gasteiger partial charge in [0, 0.05) is 24.4 Å². The average molecular weight is 441 g/mol. The number of nitro benzene ring substituents is 1. The summed E-state index contributed by atoms with van der Waals surface area (Å²) < 4.78 is 6.71. The van der Waals surface area contributed by atoms with E-state index in [2.05, 4.69) is 53.3 Å². The van der Waals surface area contributed by atoms with Crippen LogP contribution in [-0.4, -0.2) is 4.92 Å². The second-order valence-corrected chi connectivity index (χ2v) is 7.50. The zero-order valence-corrected chi connectivity index (χ0v) is 17.3. The molecule has 3 rings (SSSR count). The fourth-order valence-electron chi connectivity index (χ4n) is 2.77. The van der Waals surface area contributed by atoms with Crippen molar-refractivity contribution in [2.75, 3.05) is 5.32 Å². The van der Waals surface area contributed by atoms with E-state index in [1.54, 1.807) is 12.1 Å². The molecule has 0 heterocycles. The Kier molecular flexibility index (Phi) is 6.31. The minimum Gasteiger partial charge on any atom is -0.488 e. The minimum absolute atomic E-state index is 0.0747. The topological polar surface area (TPSA) is 64.4 Å². The number of halogens is 1. The second kappa shape index (κ2) is 8.89. The van der Waals surface area contributed by atoms with Crippen LogP contribution < -0.4 is 10.1 Å². The maximum atomic E-state index is 10.7. The zero-order valence-electron chi connectivity index (χ0n) is 15.7. The summed E-state index contributed by atoms with van der Waals surface area (Å²) in [4.78, 5) is 10.3. The summed E-state index contributed by atoms with van der Waals surface area (Å²) in [7, 11) is 0. The molecule has 144 valence electrons. The van der Waals surface area contributed by atoms with E-state index in [9.17, 15) is 10.1 Å². The van der Waals surface area contributed by atoms with E-state index >= 15 is 0 Å². The van der Waals surface area contributed by atoms with E-state index in [1.165, 1.54) is 23.3 Å². The van der Waals surface area contributed by atoms with Crippen LogP contribution in [0.2, 0.25) is 0 Å². The van der Waals surface area contributed by atoms with Crippen molar-refractivity contribution in [1.82, 2.24) is 0 Å². The standard InChI is InChI=1S/C22H21BrN2O3/c1-15-3-4-16(2)21(11-15)24-13-18-7-10-22(20(23)12-18)28-14-17-5-8-19(9-6-17)25(26)27/h3-12,24H,13-14H2,1-2H3. The zero-order chi connectivity index (χ0) is 20.1. The van der Waals surface area contributed by atoms with E-state index in [-0.39, 0.29) is 5.69 Å². The highest BCUT2D eigenvalue weighted by Crippen LogP contribution is 2.28. The van der Waals surface area contributed by atoms with Gasteiger partial charge in [0.2, 0.25) is 0 Å². The predicted octanol–water partition coefficient (Wildman–Crippen LogP) is 6.17. The molecule has 0 aliphatic rings. The van der Waals surface area contributed by atoms with Gasteiger partial charge in [-0.15, -0.1) is 0 Å². The van der Waals surface area contributed by atoms with Crippen molar-refractivity contribution in [2.24, 2.45) is 0 Å². The first-order valence-electron chi connectivity index (χ1n) is 8.88. The molecule has 0 aliphatic heterocycles.